The molecule has 0 atom stereocenters. The summed E-state index contributed by atoms with van der Waals surface area (Å²) in [5.74, 6) is -0.400. The summed E-state index contributed by atoms with van der Waals surface area (Å²) in [6.45, 7) is 0. The molecule has 7 heteroatoms. The van der Waals surface area contributed by atoms with E-state index in [1.807, 2.05) is 41.2 Å². The second-order valence-electron chi connectivity index (χ2n) is 6.77. The first-order chi connectivity index (χ1) is 15.6. The molecule has 158 valence electrons. The normalized spacial score (nSPS) is 10.8. The molecule has 0 aliphatic carbocycles. The second-order valence-corrected chi connectivity index (χ2v) is 7.21. The minimum atomic E-state index is -0.475. The van der Waals surface area contributed by atoms with Crippen LogP contribution in [0.5, 0.6) is 5.75 Å². The molecule has 0 fully saturated rings. The van der Waals surface area contributed by atoms with Crippen molar-refractivity contribution in [3.8, 4) is 11.4 Å². The summed E-state index contributed by atoms with van der Waals surface area (Å²) in [6, 6.07) is 24.3. The number of halogens is 1. The van der Waals surface area contributed by atoms with Gasteiger partial charge in [0, 0.05) is 17.4 Å². The number of rotatable bonds is 6. The minimum Gasteiger partial charge on any atom is -0.423 e. The molecule has 0 aliphatic heterocycles. The third kappa shape index (κ3) is 5.11. The maximum Gasteiger partial charge on any atom is 0.343 e. The lowest BCUT2D eigenvalue weighted by Crippen LogP contribution is -2.19. The van der Waals surface area contributed by atoms with E-state index < -0.39 is 5.97 Å². The van der Waals surface area contributed by atoms with Crippen LogP contribution in [-0.4, -0.2) is 22.7 Å². The van der Waals surface area contributed by atoms with E-state index in [0.717, 1.165) is 11.3 Å². The van der Waals surface area contributed by atoms with Gasteiger partial charge >= 0.3 is 5.97 Å². The Morgan fingerprint density at radius 2 is 1.56 bits per heavy atom. The van der Waals surface area contributed by atoms with Crippen molar-refractivity contribution < 1.29 is 14.3 Å². The fourth-order valence-electron chi connectivity index (χ4n) is 2.99. The van der Waals surface area contributed by atoms with E-state index in [1.54, 1.807) is 60.7 Å². The SMILES string of the molecule is O=C(Oc1ccc(/C=N\NC(=O)c2ccccc2-n2cccc2)cc1)c1ccc(Cl)cc1. The van der Waals surface area contributed by atoms with E-state index in [1.165, 1.54) is 6.21 Å². The van der Waals surface area contributed by atoms with Gasteiger partial charge in [-0.3, -0.25) is 4.79 Å². The highest BCUT2D eigenvalue weighted by atomic mass is 35.5. The lowest BCUT2D eigenvalue weighted by Gasteiger charge is -2.09. The van der Waals surface area contributed by atoms with Gasteiger partial charge in [0.05, 0.1) is 23.0 Å². The number of hydrogen-bond acceptors (Lipinski definition) is 4. The van der Waals surface area contributed by atoms with Crippen molar-refractivity contribution in [3.63, 3.8) is 0 Å². The number of nitrogens with one attached hydrogen (secondary N) is 1. The van der Waals surface area contributed by atoms with E-state index in [2.05, 4.69) is 10.5 Å². The Labute approximate surface area is 189 Å². The molecule has 32 heavy (non-hydrogen) atoms. The number of carbonyl (C=O) groups excluding carboxylic acids is 2. The quantitative estimate of drug-likeness (QED) is 0.195. The van der Waals surface area contributed by atoms with Crippen LogP contribution in [0.25, 0.3) is 5.69 Å². The average molecular weight is 444 g/mol. The molecular formula is C25H18ClN3O3. The van der Waals surface area contributed by atoms with Crippen molar-refractivity contribution in [3.05, 3.63) is 119 Å². The Bertz CT molecular complexity index is 1250. The highest BCUT2D eigenvalue weighted by Crippen LogP contribution is 2.16. The zero-order chi connectivity index (χ0) is 22.3. The van der Waals surface area contributed by atoms with E-state index in [-0.39, 0.29) is 5.91 Å². The van der Waals surface area contributed by atoms with Gasteiger partial charge in [-0.25, -0.2) is 10.2 Å². The lowest BCUT2D eigenvalue weighted by molar-refractivity contribution is 0.0734. The molecule has 0 spiro atoms. The average Bonchev–Trinajstić information content (AvgIpc) is 3.35. The van der Waals surface area contributed by atoms with Crippen LogP contribution < -0.4 is 10.2 Å². The molecular weight excluding hydrogens is 426 g/mol. The van der Waals surface area contributed by atoms with Gasteiger partial charge in [0.15, 0.2) is 0 Å². The Morgan fingerprint density at radius 3 is 2.28 bits per heavy atom. The molecule has 0 saturated carbocycles. The number of hydrazone groups is 1. The molecule has 0 bridgehead atoms. The van der Waals surface area contributed by atoms with E-state index in [0.29, 0.717) is 21.9 Å². The van der Waals surface area contributed by atoms with Gasteiger partial charge in [-0.15, -0.1) is 0 Å². The second kappa shape index (κ2) is 9.76. The zero-order valence-electron chi connectivity index (χ0n) is 16.8. The number of carbonyl (C=O) groups is 2. The van der Waals surface area contributed by atoms with E-state index >= 15 is 0 Å². The Balaban J connectivity index is 1.37. The molecule has 6 nitrogen and oxygen atoms in total. The number of aromatic nitrogens is 1. The summed E-state index contributed by atoms with van der Waals surface area (Å²) in [7, 11) is 0. The maximum absolute atomic E-state index is 12.6. The summed E-state index contributed by atoms with van der Waals surface area (Å²) >= 11 is 5.83. The van der Waals surface area contributed by atoms with Crippen LogP contribution in [0.3, 0.4) is 0 Å². The molecule has 0 unspecified atom stereocenters. The van der Waals surface area contributed by atoms with Gasteiger partial charge in [0.25, 0.3) is 5.91 Å². The first kappa shape index (κ1) is 21.1. The summed E-state index contributed by atoms with van der Waals surface area (Å²) in [6.07, 6.45) is 5.26. The van der Waals surface area contributed by atoms with Gasteiger partial charge in [-0.1, -0.05) is 23.7 Å². The van der Waals surface area contributed by atoms with Crippen molar-refractivity contribution in [2.24, 2.45) is 5.10 Å². The van der Waals surface area contributed by atoms with Crippen LogP contribution in [0.2, 0.25) is 5.02 Å². The third-order valence-electron chi connectivity index (χ3n) is 4.58. The van der Waals surface area contributed by atoms with Crippen molar-refractivity contribution in [1.29, 1.82) is 0 Å². The number of nitrogens with zero attached hydrogens (tertiary/aromatic N) is 2. The monoisotopic (exact) mass is 443 g/mol. The molecule has 0 saturated heterocycles. The first-order valence-corrected chi connectivity index (χ1v) is 10.1. The van der Waals surface area contributed by atoms with Crippen LogP contribution in [0.1, 0.15) is 26.3 Å². The number of ether oxygens (including phenoxy) is 1. The molecule has 3 aromatic carbocycles. The smallest absolute Gasteiger partial charge is 0.343 e. The molecule has 4 rings (SSSR count). The van der Waals surface area contributed by atoms with Crippen molar-refractivity contribution >= 4 is 29.7 Å². The van der Waals surface area contributed by atoms with Crippen LogP contribution in [0.15, 0.2) is 102 Å². The molecule has 1 amide bonds. The van der Waals surface area contributed by atoms with Gasteiger partial charge in [-0.2, -0.15) is 5.10 Å². The third-order valence-corrected chi connectivity index (χ3v) is 4.83. The predicted octanol–water partition coefficient (Wildman–Crippen LogP) is 5.11. The first-order valence-electron chi connectivity index (χ1n) is 9.74. The number of para-hydroxylation sites is 1. The van der Waals surface area contributed by atoms with E-state index in [4.69, 9.17) is 16.3 Å². The fourth-order valence-corrected chi connectivity index (χ4v) is 3.11. The van der Waals surface area contributed by atoms with Gasteiger partial charge in [0.1, 0.15) is 5.75 Å². The fraction of sp³-hybridized carbons (Fsp3) is 0. The zero-order valence-corrected chi connectivity index (χ0v) is 17.6. The molecule has 4 aromatic rings. The maximum atomic E-state index is 12.6. The number of amides is 1. The highest BCUT2D eigenvalue weighted by molar-refractivity contribution is 6.30. The standard InChI is InChI=1S/C25H18ClN3O3/c26-20-11-9-19(10-12-20)25(31)32-21-13-7-18(8-14-21)17-27-28-24(30)22-5-1-2-6-23(22)29-15-3-4-16-29/h1-17H,(H,28,30)/b27-17-. The summed E-state index contributed by atoms with van der Waals surface area (Å²) in [5.41, 5.74) is 4.95. The molecule has 1 N–H and O–H groups in total. The van der Waals surface area contributed by atoms with Gasteiger partial charge in [0.2, 0.25) is 0 Å². The molecule has 0 radical (unpaired) electrons. The van der Waals surface area contributed by atoms with Crippen LogP contribution in [0, 0.1) is 0 Å². The van der Waals surface area contributed by atoms with Crippen molar-refractivity contribution in [1.82, 2.24) is 9.99 Å². The Morgan fingerprint density at radius 1 is 0.875 bits per heavy atom. The Hall–Kier alpha value is -4.16. The summed E-state index contributed by atoms with van der Waals surface area (Å²) in [4.78, 5) is 24.7. The van der Waals surface area contributed by atoms with Gasteiger partial charge in [-0.05, 0) is 78.4 Å². The highest BCUT2D eigenvalue weighted by Gasteiger charge is 2.11. The summed E-state index contributed by atoms with van der Waals surface area (Å²) in [5, 5.41) is 4.58. The lowest BCUT2D eigenvalue weighted by atomic mass is 10.1. The van der Waals surface area contributed by atoms with Crippen LogP contribution in [0.4, 0.5) is 0 Å². The number of hydrogen-bond donors (Lipinski definition) is 1. The molecule has 1 aromatic heterocycles. The summed E-state index contributed by atoms with van der Waals surface area (Å²) < 4.78 is 7.21. The predicted molar refractivity (Wildman–Crippen MR) is 124 cm³/mol. The van der Waals surface area contributed by atoms with E-state index in [9.17, 15) is 9.59 Å². The molecule has 1 heterocycles. The largest absolute Gasteiger partial charge is 0.423 e. The molecule has 0 aliphatic rings. The number of esters is 1. The van der Waals surface area contributed by atoms with Crippen molar-refractivity contribution in [2.75, 3.05) is 0 Å². The van der Waals surface area contributed by atoms with Crippen LogP contribution >= 0.6 is 11.6 Å². The Kier molecular flexibility index (Phi) is 6.43. The minimum absolute atomic E-state index is 0.320. The topological polar surface area (TPSA) is 72.7 Å². The van der Waals surface area contributed by atoms with Gasteiger partial charge < -0.3 is 9.30 Å². The van der Waals surface area contributed by atoms with Crippen molar-refractivity contribution in [2.45, 2.75) is 0 Å². The van der Waals surface area contributed by atoms with Crippen LogP contribution in [-0.2, 0) is 0 Å². The number of benzene rings is 3.